The third-order valence-electron chi connectivity index (χ3n) is 6.91. The van der Waals surface area contributed by atoms with Crippen LogP contribution in [0.3, 0.4) is 0 Å². The zero-order valence-electron chi connectivity index (χ0n) is 24.6. The van der Waals surface area contributed by atoms with Crippen molar-refractivity contribution in [1.82, 2.24) is 20.5 Å². The summed E-state index contributed by atoms with van der Waals surface area (Å²) in [6.07, 6.45) is -0.178. The normalized spacial score (nSPS) is 18.0. The molecule has 2 atom stereocenters. The van der Waals surface area contributed by atoms with E-state index in [4.69, 9.17) is 10.6 Å². The molecule has 2 aromatic rings. The quantitative estimate of drug-likeness (QED) is 0.0482. The third-order valence-corrected chi connectivity index (χ3v) is 8.92. The highest BCUT2D eigenvalue weighted by atomic mass is 32.2. The molecule has 46 heavy (non-hydrogen) atoms. The number of rotatable bonds is 13. The van der Waals surface area contributed by atoms with Crippen molar-refractivity contribution in [2.75, 3.05) is 25.1 Å². The number of aliphatic carboxylic acids is 2. The summed E-state index contributed by atoms with van der Waals surface area (Å²) in [6, 6.07) is 1.37. The Morgan fingerprint density at radius 2 is 1.83 bits per heavy atom. The molecule has 4 rings (SSSR count). The van der Waals surface area contributed by atoms with Crippen LogP contribution in [0.15, 0.2) is 33.9 Å². The predicted molar refractivity (Wildman–Crippen MR) is 163 cm³/mol. The van der Waals surface area contributed by atoms with Crippen LogP contribution < -0.4 is 16.4 Å². The van der Waals surface area contributed by atoms with E-state index in [1.165, 1.54) is 50.2 Å². The molecule has 3 heterocycles. The fourth-order valence-corrected chi connectivity index (χ4v) is 6.29. The number of esters is 1. The van der Waals surface area contributed by atoms with Gasteiger partial charge in [-0.1, -0.05) is 5.16 Å². The molecule has 0 radical (unpaired) electrons. The molecule has 246 valence electrons. The molecule has 2 aliphatic heterocycles. The molecule has 1 unspecified atom stereocenters. The molecule has 2 amide bonds. The first-order valence-corrected chi connectivity index (χ1v) is 15.3. The maximum absolute atomic E-state index is 13.3. The Morgan fingerprint density at radius 3 is 2.41 bits per heavy atom. The smallest absolute Gasteiger partial charge is 0.352 e. The van der Waals surface area contributed by atoms with Gasteiger partial charge in [0, 0.05) is 24.2 Å². The van der Waals surface area contributed by atoms with Gasteiger partial charge in [-0.2, -0.15) is 0 Å². The minimum absolute atomic E-state index is 0.0141. The Bertz CT molecular complexity index is 1650. The van der Waals surface area contributed by atoms with Gasteiger partial charge in [-0.25, -0.2) is 14.6 Å². The summed E-state index contributed by atoms with van der Waals surface area (Å²) in [6.45, 7) is 2.52. The molecule has 1 aromatic carbocycles. The number of thioether (sulfide) groups is 1. The second kappa shape index (κ2) is 13.6. The SMILES string of the molecule is COC(=O)Cc1cc(O)c(O)cc1CNCC1=C(C(=O)O)N2C(=O)C(NC(=O)/C(=N/OC(C)(C)C(=O)O)c3csc(N)n3)[C@H]2SC1. The number of nitrogens with two attached hydrogens (primary N) is 1. The number of fused-ring (bicyclic) bond motifs is 1. The number of β-lactam (4-membered cyclic amide) rings is 1. The summed E-state index contributed by atoms with van der Waals surface area (Å²) >= 11 is 2.20. The fourth-order valence-electron chi connectivity index (χ4n) is 4.40. The van der Waals surface area contributed by atoms with Crippen LogP contribution in [-0.4, -0.2) is 102 Å². The molecular weight excluding hydrogens is 648 g/mol. The predicted octanol–water partition coefficient (Wildman–Crippen LogP) is -0.0357. The summed E-state index contributed by atoms with van der Waals surface area (Å²) in [5.41, 5.74) is 4.38. The van der Waals surface area contributed by atoms with Gasteiger partial charge in [0.25, 0.3) is 11.8 Å². The Kier molecular flexibility index (Phi) is 10.1. The van der Waals surface area contributed by atoms with Crippen LogP contribution in [0.5, 0.6) is 11.5 Å². The van der Waals surface area contributed by atoms with Gasteiger partial charge in [-0.15, -0.1) is 23.1 Å². The first-order valence-electron chi connectivity index (χ1n) is 13.4. The van der Waals surface area contributed by atoms with E-state index in [-0.39, 0.29) is 41.8 Å². The van der Waals surface area contributed by atoms with Crippen LogP contribution in [0.25, 0.3) is 0 Å². The first-order chi connectivity index (χ1) is 21.6. The molecule has 0 bridgehead atoms. The molecule has 8 N–H and O–H groups in total. The van der Waals surface area contributed by atoms with E-state index in [0.29, 0.717) is 16.7 Å². The lowest BCUT2D eigenvalue weighted by molar-refractivity contribution is -0.161. The van der Waals surface area contributed by atoms with Gasteiger partial charge < -0.3 is 46.4 Å². The number of carboxylic acid groups (broad SMARTS) is 2. The molecule has 19 heteroatoms. The summed E-state index contributed by atoms with van der Waals surface area (Å²) < 4.78 is 4.68. The number of nitrogen functional groups attached to an aromatic ring is 1. The van der Waals surface area contributed by atoms with Gasteiger partial charge in [0.2, 0.25) is 5.60 Å². The van der Waals surface area contributed by atoms with E-state index in [9.17, 15) is 44.4 Å². The number of carbonyl (C=O) groups excluding carboxylic acids is 3. The van der Waals surface area contributed by atoms with Gasteiger partial charge in [0.15, 0.2) is 22.3 Å². The monoisotopic (exact) mass is 678 g/mol. The van der Waals surface area contributed by atoms with Crippen LogP contribution in [0.4, 0.5) is 5.13 Å². The van der Waals surface area contributed by atoms with Crippen molar-refractivity contribution in [2.24, 2.45) is 5.16 Å². The number of phenolic OH excluding ortho intramolecular Hbond substituents is 2. The Labute approximate surface area is 269 Å². The lowest BCUT2D eigenvalue weighted by atomic mass is 10.0. The van der Waals surface area contributed by atoms with E-state index in [2.05, 4.69) is 25.5 Å². The number of phenols is 2. The average Bonchev–Trinajstić information content (AvgIpc) is 3.43. The number of amides is 2. The minimum atomic E-state index is -1.80. The van der Waals surface area contributed by atoms with Crippen molar-refractivity contribution >= 4 is 63.7 Å². The van der Waals surface area contributed by atoms with Crippen LogP contribution in [-0.2, 0) is 46.5 Å². The van der Waals surface area contributed by atoms with Gasteiger partial charge in [-0.3, -0.25) is 19.3 Å². The number of nitrogens with zero attached hydrogens (tertiary/aromatic N) is 3. The van der Waals surface area contributed by atoms with Gasteiger partial charge >= 0.3 is 17.9 Å². The molecule has 0 spiro atoms. The summed E-state index contributed by atoms with van der Waals surface area (Å²) in [5, 5.41) is 49.1. The third kappa shape index (κ3) is 7.16. The molecule has 1 fully saturated rings. The van der Waals surface area contributed by atoms with Crippen molar-refractivity contribution in [3.63, 3.8) is 0 Å². The number of nitrogens with one attached hydrogen (secondary N) is 2. The molecule has 1 saturated heterocycles. The summed E-state index contributed by atoms with van der Waals surface area (Å²) in [4.78, 5) is 72.1. The van der Waals surface area contributed by atoms with Crippen LogP contribution in [0.2, 0.25) is 0 Å². The lowest BCUT2D eigenvalue weighted by Crippen LogP contribution is -2.71. The fraction of sp³-hybridized carbons (Fsp3) is 0.370. The molecular formula is C27H30N6O11S2. The maximum atomic E-state index is 13.3. The van der Waals surface area contributed by atoms with Gasteiger partial charge in [-0.05, 0) is 42.7 Å². The number of hydrogen-bond acceptors (Lipinski definition) is 15. The number of oxime groups is 1. The van der Waals surface area contributed by atoms with E-state index in [1.54, 1.807) is 0 Å². The Balaban J connectivity index is 1.49. The summed E-state index contributed by atoms with van der Waals surface area (Å²) in [7, 11) is 1.21. The maximum Gasteiger partial charge on any atom is 0.352 e. The van der Waals surface area contributed by atoms with Crippen molar-refractivity contribution < 1.29 is 54.0 Å². The van der Waals surface area contributed by atoms with E-state index < -0.39 is 63.9 Å². The Morgan fingerprint density at radius 1 is 1.15 bits per heavy atom. The van der Waals surface area contributed by atoms with Crippen molar-refractivity contribution in [3.05, 3.63) is 45.6 Å². The number of carboxylic acids is 2. The number of methoxy groups -OCH3 is 1. The van der Waals surface area contributed by atoms with Crippen molar-refractivity contribution in [1.29, 1.82) is 0 Å². The summed E-state index contributed by atoms with van der Waals surface area (Å²) in [5.74, 6) is -5.55. The molecule has 17 nitrogen and oxygen atoms in total. The van der Waals surface area contributed by atoms with Crippen molar-refractivity contribution in [2.45, 2.75) is 43.8 Å². The second-order valence-corrected chi connectivity index (χ2v) is 12.5. The lowest BCUT2D eigenvalue weighted by Gasteiger charge is -2.49. The number of thiazole rings is 1. The topological polar surface area (TPSA) is 263 Å². The number of ether oxygens (including phenoxy) is 1. The van der Waals surface area contributed by atoms with E-state index in [1.807, 2.05) is 0 Å². The highest BCUT2D eigenvalue weighted by Crippen LogP contribution is 2.40. The Hall–Kier alpha value is -4.88. The van der Waals surface area contributed by atoms with Crippen LogP contribution in [0, 0.1) is 0 Å². The highest BCUT2D eigenvalue weighted by molar-refractivity contribution is 8.00. The number of benzene rings is 1. The number of carbonyl (C=O) groups is 5. The second-order valence-electron chi connectivity index (χ2n) is 10.5. The molecule has 0 aliphatic carbocycles. The molecule has 1 aromatic heterocycles. The van der Waals surface area contributed by atoms with E-state index in [0.717, 1.165) is 16.2 Å². The zero-order valence-corrected chi connectivity index (χ0v) is 26.2. The molecule has 2 aliphatic rings. The number of aromatic nitrogens is 1. The highest BCUT2D eigenvalue weighted by Gasteiger charge is 2.54. The van der Waals surface area contributed by atoms with Crippen LogP contribution in [0.1, 0.15) is 30.7 Å². The number of aromatic hydroxyl groups is 2. The minimum Gasteiger partial charge on any atom is -0.504 e. The van der Waals surface area contributed by atoms with Gasteiger partial charge in [0.05, 0.1) is 13.5 Å². The van der Waals surface area contributed by atoms with Crippen LogP contribution >= 0.6 is 23.1 Å². The first kappa shape index (κ1) is 34.0. The average molecular weight is 679 g/mol. The van der Waals surface area contributed by atoms with Gasteiger partial charge in [0.1, 0.15) is 22.8 Å². The standard InChI is InChI=1S/C27H30N6O11S2/c1-27(2,25(41)42)44-32-18(14-10-46-26(28)30-14)21(37)31-19-22(38)33-20(24(39)40)13(9-45-23(19)33)8-29-7-12-5-16(35)15(34)4-11(12)6-17(36)43-3/h4-5,10,19,23,29,34-35H,6-9H2,1-3H3,(H2,28,30)(H,31,37)(H,39,40)(H,41,42)/b32-18+/t19?,23-/m1/s1. The van der Waals surface area contributed by atoms with Crippen molar-refractivity contribution in [3.8, 4) is 11.5 Å². The number of anilines is 1. The molecule has 0 saturated carbocycles. The van der Waals surface area contributed by atoms with E-state index >= 15 is 0 Å². The number of hydrogen-bond donors (Lipinski definition) is 7. The zero-order chi connectivity index (χ0) is 33.9. The largest absolute Gasteiger partial charge is 0.504 e.